The average Bonchev–Trinajstić information content (AvgIpc) is 2.94. The van der Waals surface area contributed by atoms with E-state index in [1.807, 2.05) is 47.8 Å². The number of thiophene rings is 1. The standard InChI is InChI=1S/C14H11N3S/c1-2-5-11(6-3-1)16-14-15-9-8-12(17-14)13-7-4-10-18-13/h1-10H,(H,15,16,17). The summed E-state index contributed by atoms with van der Waals surface area (Å²) in [5.74, 6) is 0.618. The molecule has 0 fully saturated rings. The van der Waals surface area contributed by atoms with E-state index in [0.29, 0.717) is 5.95 Å². The molecule has 2 aromatic heterocycles. The molecule has 0 saturated carbocycles. The molecular weight excluding hydrogens is 242 g/mol. The third-order valence-electron chi connectivity index (χ3n) is 2.46. The molecule has 4 heteroatoms. The quantitative estimate of drug-likeness (QED) is 0.768. The Morgan fingerprint density at radius 3 is 2.61 bits per heavy atom. The van der Waals surface area contributed by atoms with Gasteiger partial charge >= 0.3 is 0 Å². The summed E-state index contributed by atoms with van der Waals surface area (Å²) >= 11 is 1.67. The molecule has 3 nitrogen and oxygen atoms in total. The summed E-state index contributed by atoms with van der Waals surface area (Å²) in [6.45, 7) is 0. The van der Waals surface area contributed by atoms with E-state index in [-0.39, 0.29) is 0 Å². The summed E-state index contributed by atoms with van der Waals surface area (Å²) in [6, 6.07) is 15.9. The van der Waals surface area contributed by atoms with Crippen molar-refractivity contribution >= 4 is 23.0 Å². The molecule has 0 aliphatic heterocycles. The molecular formula is C14H11N3S. The maximum Gasteiger partial charge on any atom is 0.227 e. The summed E-state index contributed by atoms with van der Waals surface area (Å²) in [7, 11) is 0. The summed E-state index contributed by atoms with van der Waals surface area (Å²) in [4.78, 5) is 9.87. The van der Waals surface area contributed by atoms with Crippen LogP contribution >= 0.6 is 11.3 Å². The zero-order chi connectivity index (χ0) is 12.2. The first kappa shape index (κ1) is 10.9. The first-order chi connectivity index (χ1) is 8.92. The van der Waals surface area contributed by atoms with Crippen molar-refractivity contribution < 1.29 is 0 Å². The van der Waals surface area contributed by atoms with Crippen molar-refractivity contribution in [2.75, 3.05) is 5.32 Å². The molecule has 0 atom stereocenters. The van der Waals surface area contributed by atoms with Crippen LogP contribution in [0.3, 0.4) is 0 Å². The Morgan fingerprint density at radius 1 is 0.944 bits per heavy atom. The molecule has 2 heterocycles. The average molecular weight is 253 g/mol. The first-order valence-electron chi connectivity index (χ1n) is 5.61. The minimum Gasteiger partial charge on any atom is -0.324 e. The summed E-state index contributed by atoms with van der Waals surface area (Å²) < 4.78 is 0. The zero-order valence-corrected chi connectivity index (χ0v) is 10.4. The highest BCUT2D eigenvalue weighted by Crippen LogP contribution is 2.23. The maximum atomic E-state index is 4.50. The summed E-state index contributed by atoms with van der Waals surface area (Å²) in [5, 5.41) is 5.23. The lowest BCUT2D eigenvalue weighted by atomic mass is 10.3. The van der Waals surface area contributed by atoms with Gasteiger partial charge in [0.2, 0.25) is 5.95 Å². The van der Waals surface area contributed by atoms with Crippen molar-refractivity contribution in [2.45, 2.75) is 0 Å². The fourth-order valence-corrected chi connectivity index (χ4v) is 2.33. The number of aromatic nitrogens is 2. The van der Waals surface area contributed by atoms with Gasteiger partial charge in [0.05, 0.1) is 10.6 Å². The van der Waals surface area contributed by atoms with E-state index in [4.69, 9.17) is 0 Å². The van der Waals surface area contributed by atoms with Crippen LogP contribution in [0.5, 0.6) is 0 Å². The Kier molecular flexibility index (Phi) is 3.02. The van der Waals surface area contributed by atoms with Gasteiger partial charge in [0.15, 0.2) is 0 Å². The van der Waals surface area contributed by atoms with Gasteiger partial charge in [0.25, 0.3) is 0 Å². The van der Waals surface area contributed by atoms with Gasteiger partial charge in [-0.1, -0.05) is 24.3 Å². The van der Waals surface area contributed by atoms with Crippen molar-refractivity contribution in [1.82, 2.24) is 9.97 Å². The summed E-state index contributed by atoms with van der Waals surface area (Å²) in [6.07, 6.45) is 1.77. The zero-order valence-electron chi connectivity index (χ0n) is 9.58. The van der Waals surface area contributed by atoms with Gasteiger partial charge in [-0.05, 0) is 29.6 Å². The molecule has 0 aliphatic carbocycles. The predicted molar refractivity (Wildman–Crippen MR) is 75.1 cm³/mol. The molecule has 0 unspecified atom stereocenters. The van der Waals surface area contributed by atoms with Crippen LogP contribution in [0.25, 0.3) is 10.6 Å². The lowest BCUT2D eigenvalue weighted by Crippen LogP contribution is -1.96. The third-order valence-corrected chi connectivity index (χ3v) is 3.35. The predicted octanol–water partition coefficient (Wildman–Crippen LogP) is 3.95. The highest BCUT2D eigenvalue weighted by Gasteiger charge is 2.02. The highest BCUT2D eigenvalue weighted by molar-refractivity contribution is 7.13. The summed E-state index contributed by atoms with van der Waals surface area (Å²) in [5.41, 5.74) is 1.93. The Hall–Kier alpha value is -2.20. The van der Waals surface area contributed by atoms with E-state index in [0.717, 1.165) is 16.3 Å². The molecule has 0 amide bonds. The Morgan fingerprint density at radius 2 is 1.83 bits per heavy atom. The van der Waals surface area contributed by atoms with Gasteiger partial charge in [-0.15, -0.1) is 11.3 Å². The van der Waals surface area contributed by atoms with Crippen molar-refractivity contribution in [2.24, 2.45) is 0 Å². The van der Waals surface area contributed by atoms with Crippen LogP contribution in [0.4, 0.5) is 11.6 Å². The first-order valence-corrected chi connectivity index (χ1v) is 6.49. The number of nitrogens with one attached hydrogen (secondary N) is 1. The van der Waals surface area contributed by atoms with Crippen molar-refractivity contribution in [3.8, 4) is 10.6 Å². The number of hydrogen-bond acceptors (Lipinski definition) is 4. The topological polar surface area (TPSA) is 37.8 Å². The molecule has 18 heavy (non-hydrogen) atoms. The molecule has 0 aliphatic rings. The second kappa shape index (κ2) is 4.98. The molecule has 0 radical (unpaired) electrons. The van der Waals surface area contributed by atoms with E-state index >= 15 is 0 Å². The van der Waals surface area contributed by atoms with Gasteiger partial charge in [-0.25, -0.2) is 9.97 Å². The monoisotopic (exact) mass is 253 g/mol. The SMILES string of the molecule is c1ccc(Nc2nccc(-c3cccs3)n2)cc1. The minimum atomic E-state index is 0.618. The molecule has 0 spiro atoms. The molecule has 3 rings (SSSR count). The smallest absolute Gasteiger partial charge is 0.227 e. The Labute approximate surface area is 109 Å². The highest BCUT2D eigenvalue weighted by atomic mass is 32.1. The largest absolute Gasteiger partial charge is 0.324 e. The van der Waals surface area contributed by atoms with Gasteiger partial charge in [-0.3, -0.25) is 0 Å². The van der Waals surface area contributed by atoms with Crippen molar-refractivity contribution in [3.63, 3.8) is 0 Å². The number of benzene rings is 1. The fourth-order valence-electron chi connectivity index (χ4n) is 1.63. The van der Waals surface area contributed by atoms with Crippen LogP contribution in [0, 0.1) is 0 Å². The van der Waals surface area contributed by atoms with Gasteiger partial charge in [0.1, 0.15) is 0 Å². The Balaban J connectivity index is 1.88. The number of anilines is 2. The lowest BCUT2D eigenvalue weighted by molar-refractivity contribution is 1.17. The van der Waals surface area contributed by atoms with Crippen LogP contribution in [0.1, 0.15) is 0 Å². The molecule has 88 valence electrons. The number of para-hydroxylation sites is 1. The van der Waals surface area contributed by atoms with Gasteiger partial charge in [-0.2, -0.15) is 0 Å². The van der Waals surface area contributed by atoms with Crippen molar-refractivity contribution in [1.29, 1.82) is 0 Å². The second-order valence-corrected chi connectivity index (χ2v) is 4.68. The second-order valence-electron chi connectivity index (χ2n) is 3.73. The molecule has 3 aromatic rings. The maximum absolute atomic E-state index is 4.50. The minimum absolute atomic E-state index is 0.618. The van der Waals surface area contributed by atoms with Gasteiger partial charge < -0.3 is 5.32 Å². The van der Waals surface area contributed by atoms with E-state index in [1.165, 1.54) is 0 Å². The van der Waals surface area contributed by atoms with Crippen LogP contribution in [0.2, 0.25) is 0 Å². The molecule has 0 saturated heterocycles. The van der Waals surface area contributed by atoms with Gasteiger partial charge in [0, 0.05) is 11.9 Å². The number of hydrogen-bond donors (Lipinski definition) is 1. The lowest BCUT2D eigenvalue weighted by Gasteiger charge is -2.05. The van der Waals surface area contributed by atoms with Crippen LogP contribution in [-0.2, 0) is 0 Å². The normalized spacial score (nSPS) is 10.2. The van der Waals surface area contributed by atoms with E-state index in [9.17, 15) is 0 Å². The Bertz CT molecular complexity index is 621. The van der Waals surface area contributed by atoms with E-state index in [2.05, 4.69) is 21.4 Å². The molecule has 1 aromatic carbocycles. The van der Waals surface area contributed by atoms with Crippen LogP contribution in [0.15, 0.2) is 60.1 Å². The third kappa shape index (κ3) is 2.38. The fraction of sp³-hybridized carbons (Fsp3) is 0. The molecule has 0 bridgehead atoms. The van der Waals surface area contributed by atoms with E-state index < -0.39 is 0 Å². The number of nitrogens with zero attached hydrogens (tertiary/aromatic N) is 2. The number of rotatable bonds is 3. The van der Waals surface area contributed by atoms with E-state index in [1.54, 1.807) is 17.5 Å². The van der Waals surface area contributed by atoms with Crippen LogP contribution in [-0.4, -0.2) is 9.97 Å². The van der Waals surface area contributed by atoms with Crippen LogP contribution < -0.4 is 5.32 Å². The van der Waals surface area contributed by atoms with Crippen molar-refractivity contribution in [3.05, 3.63) is 60.1 Å². The molecule has 1 N–H and O–H groups in total.